The number of rotatable bonds is 6. The lowest BCUT2D eigenvalue weighted by Crippen LogP contribution is -2.37. The van der Waals surface area contributed by atoms with Gasteiger partial charge in [0.1, 0.15) is 0 Å². The molecule has 9 nitrogen and oxygen atoms in total. The van der Waals surface area contributed by atoms with Crippen molar-refractivity contribution >= 4 is 17.5 Å². The minimum absolute atomic E-state index is 0.0707. The number of nitrogens with one attached hydrogen (secondary N) is 2. The van der Waals surface area contributed by atoms with Gasteiger partial charge in [-0.1, -0.05) is 25.3 Å². The Morgan fingerprint density at radius 2 is 1.86 bits per heavy atom. The molecule has 2 amide bonds. The van der Waals surface area contributed by atoms with Crippen LogP contribution in [0.2, 0.25) is 0 Å². The molecule has 1 aliphatic heterocycles. The first-order chi connectivity index (χ1) is 17.6. The Bertz CT molecular complexity index is 1340. The Kier molecular flexibility index (Phi) is 5.85. The first kappa shape index (κ1) is 22.6. The van der Waals surface area contributed by atoms with Crippen LogP contribution in [-0.4, -0.2) is 41.0 Å². The molecule has 1 fully saturated rings. The number of ether oxygens (including phenoxy) is 2. The summed E-state index contributed by atoms with van der Waals surface area (Å²) in [6.07, 6.45) is 7.38. The van der Waals surface area contributed by atoms with Crippen LogP contribution in [0.4, 0.5) is 5.69 Å². The number of carbonyl (C=O) groups excluding carboxylic acids is 2. The fraction of sp³-hybridized carbons (Fsp3) is 0.370. The summed E-state index contributed by atoms with van der Waals surface area (Å²) in [5.41, 5.74) is 11.1. The second kappa shape index (κ2) is 9.31. The fourth-order valence-corrected chi connectivity index (χ4v) is 5.47. The third-order valence-electron chi connectivity index (χ3n) is 7.27. The van der Waals surface area contributed by atoms with Crippen molar-refractivity contribution in [3.63, 3.8) is 0 Å². The van der Waals surface area contributed by atoms with E-state index in [2.05, 4.69) is 15.7 Å². The Hall–Kier alpha value is -3.85. The third-order valence-corrected chi connectivity index (χ3v) is 7.27. The Morgan fingerprint density at radius 1 is 1.03 bits per heavy atom. The zero-order valence-corrected chi connectivity index (χ0v) is 20.0. The van der Waals surface area contributed by atoms with Crippen LogP contribution in [0.1, 0.15) is 53.7 Å². The molecule has 2 aliphatic carbocycles. The predicted molar refractivity (Wildman–Crippen MR) is 135 cm³/mol. The van der Waals surface area contributed by atoms with Gasteiger partial charge in [0.25, 0.3) is 5.91 Å². The van der Waals surface area contributed by atoms with E-state index in [0.717, 1.165) is 47.3 Å². The standard InChI is InChI=1S/C27H29N5O4/c28-27(34)25-20-10-7-16-6-8-18(30-24(33)14-29-17-4-2-1-3-5-17)12-21(16)26(20)32(31-25)19-9-11-22-23(13-19)36-15-35-22/h6,8-9,11-13,17,29H,1-5,7,10,14-15H2,(H2,28,34)(H,30,33). The fourth-order valence-electron chi connectivity index (χ4n) is 5.47. The first-order valence-corrected chi connectivity index (χ1v) is 12.5. The van der Waals surface area contributed by atoms with Crippen LogP contribution in [0, 0.1) is 0 Å². The van der Waals surface area contributed by atoms with E-state index in [1.165, 1.54) is 19.3 Å². The van der Waals surface area contributed by atoms with Gasteiger partial charge in [0.15, 0.2) is 17.2 Å². The van der Waals surface area contributed by atoms with E-state index >= 15 is 0 Å². The highest BCUT2D eigenvalue weighted by atomic mass is 16.7. The topological polar surface area (TPSA) is 120 Å². The molecule has 0 saturated heterocycles. The molecule has 0 unspecified atom stereocenters. The van der Waals surface area contributed by atoms with Gasteiger partial charge in [0.05, 0.1) is 17.9 Å². The molecule has 0 radical (unpaired) electrons. The number of nitrogens with zero attached hydrogens (tertiary/aromatic N) is 2. The van der Waals surface area contributed by atoms with Gasteiger partial charge in [-0.25, -0.2) is 4.68 Å². The quantitative estimate of drug-likeness (QED) is 0.491. The van der Waals surface area contributed by atoms with Crippen molar-refractivity contribution in [1.82, 2.24) is 15.1 Å². The summed E-state index contributed by atoms with van der Waals surface area (Å²) in [6, 6.07) is 11.9. The number of aromatic nitrogens is 2. The number of aryl methyl sites for hydroxylation is 1. The Labute approximate surface area is 209 Å². The third kappa shape index (κ3) is 4.19. The van der Waals surface area contributed by atoms with Crippen LogP contribution in [-0.2, 0) is 17.6 Å². The number of amides is 2. The van der Waals surface area contributed by atoms with E-state index < -0.39 is 5.91 Å². The summed E-state index contributed by atoms with van der Waals surface area (Å²) in [7, 11) is 0. The molecule has 9 heteroatoms. The Balaban J connectivity index is 1.32. The molecule has 0 bridgehead atoms. The summed E-state index contributed by atoms with van der Waals surface area (Å²) < 4.78 is 12.7. The number of carbonyl (C=O) groups is 2. The van der Waals surface area contributed by atoms with Crippen LogP contribution in [0.25, 0.3) is 16.9 Å². The van der Waals surface area contributed by atoms with Crippen molar-refractivity contribution in [3.05, 3.63) is 53.2 Å². The molecule has 0 atom stereocenters. The molecule has 2 heterocycles. The lowest BCUT2D eigenvalue weighted by atomic mass is 9.88. The molecule has 2 aromatic carbocycles. The van der Waals surface area contributed by atoms with Crippen LogP contribution < -0.4 is 25.8 Å². The molecule has 3 aliphatic rings. The summed E-state index contributed by atoms with van der Waals surface area (Å²) in [6.45, 7) is 0.456. The highest BCUT2D eigenvalue weighted by Gasteiger charge is 2.29. The molecule has 6 rings (SSSR count). The second-order valence-corrected chi connectivity index (χ2v) is 9.63. The minimum Gasteiger partial charge on any atom is -0.454 e. The van der Waals surface area contributed by atoms with E-state index in [1.54, 1.807) is 4.68 Å². The van der Waals surface area contributed by atoms with E-state index in [4.69, 9.17) is 15.2 Å². The number of fused-ring (bicyclic) bond motifs is 4. The lowest BCUT2D eigenvalue weighted by molar-refractivity contribution is -0.115. The number of nitrogens with two attached hydrogens (primary N) is 1. The first-order valence-electron chi connectivity index (χ1n) is 12.5. The van der Waals surface area contributed by atoms with E-state index in [1.807, 2.05) is 36.4 Å². The average molecular weight is 488 g/mol. The smallest absolute Gasteiger partial charge is 0.269 e. The molecule has 1 aromatic heterocycles. The SMILES string of the molecule is NC(=O)c1nn(-c2ccc3c(c2)OCO3)c2c1CCc1ccc(NC(=O)CNC3CCCCC3)cc1-2. The number of hydrogen-bond donors (Lipinski definition) is 3. The zero-order valence-electron chi connectivity index (χ0n) is 20.0. The normalized spacial score (nSPS) is 16.3. The van der Waals surface area contributed by atoms with Gasteiger partial charge in [-0.05, 0) is 55.5 Å². The van der Waals surface area contributed by atoms with Gasteiger partial charge >= 0.3 is 0 Å². The van der Waals surface area contributed by atoms with Crippen molar-refractivity contribution in [1.29, 1.82) is 0 Å². The number of benzene rings is 2. The molecule has 186 valence electrons. The van der Waals surface area contributed by atoms with Gasteiger partial charge in [0.2, 0.25) is 12.7 Å². The maximum absolute atomic E-state index is 12.7. The molecular weight excluding hydrogens is 458 g/mol. The second-order valence-electron chi connectivity index (χ2n) is 9.63. The average Bonchev–Trinajstić information content (AvgIpc) is 3.52. The molecular formula is C27H29N5O4. The van der Waals surface area contributed by atoms with Crippen molar-refractivity contribution in [2.24, 2.45) is 5.73 Å². The van der Waals surface area contributed by atoms with Crippen LogP contribution in [0.3, 0.4) is 0 Å². The predicted octanol–water partition coefficient (Wildman–Crippen LogP) is 3.33. The van der Waals surface area contributed by atoms with Gasteiger partial charge in [-0.3, -0.25) is 9.59 Å². The van der Waals surface area contributed by atoms with E-state index in [0.29, 0.717) is 29.6 Å². The monoisotopic (exact) mass is 487 g/mol. The summed E-state index contributed by atoms with van der Waals surface area (Å²) in [5.74, 6) is 0.660. The minimum atomic E-state index is -0.563. The van der Waals surface area contributed by atoms with Crippen LogP contribution in [0.15, 0.2) is 36.4 Å². The lowest BCUT2D eigenvalue weighted by Gasteiger charge is -2.23. The Morgan fingerprint density at radius 3 is 2.69 bits per heavy atom. The number of primary amides is 1. The van der Waals surface area contributed by atoms with Crippen LogP contribution >= 0.6 is 0 Å². The van der Waals surface area contributed by atoms with E-state index in [-0.39, 0.29) is 24.9 Å². The number of anilines is 1. The van der Waals surface area contributed by atoms with Gasteiger partial charge in [0, 0.05) is 28.9 Å². The molecule has 3 aromatic rings. The molecule has 0 spiro atoms. The van der Waals surface area contributed by atoms with Crippen molar-refractivity contribution in [2.45, 2.75) is 51.0 Å². The van der Waals surface area contributed by atoms with E-state index in [9.17, 15) is 9.59 Å². The highest BCUT2D eigenvalue weighted by molar-refractivity contribution is 5.96. The molecule has 4 N–H and O–H groups in total. The van der Waals surface area contributed by atoms with Gasteiger partial charge in [-0.15, -0.1) is 0 Å². The van der Waals surface area contributed by atoms with Crippen molar-refractivity contribution in [3.8, 4) is 28.4 Å². The maximum Gasteiger partial charge on any atom is 0.269 e. The van der Waals surface area contributed by atoms with Gasteiger partial charge in [-0.2, -0.15) is 5.10 Å². The zero-order chi connectivity index (χ0) is 24.6. The highest BCUT2D eigenvalue weighted by Crippen LogP contribution is 2.40. The number of hydrogen-bond acceptors (Lipinski definition) is 6. The van der Waals surface area contributed by atoms with Crippen molar-refractivity contribution in [2.75, 3.05) is 18.7 Å². The molecule has 1 saturated carbocycles. The van der Waals surface area contributed by atoms with Crippen LogP contribution in [0.5, 0.6) is 11.5 Å². The summed E-state index contributed by atoms with van der Waals surface area (Å²) >= 11 is 0. The molecule has 36 heavy (non-hydrogen) atoms. The van der Waals surface area contributed by atoms with Gasteiger partial charge < -0.3 is 25.8 Å². The van der Waals surface area contributed by atoms with Crippen molar-refractivity contribution < 1.29 is 19.1 Å². The summed E-state index contributed by atoms with van der Waals surface area (Å²) in [5, 5.41) is 11.0. The largest absolute Gasteiger partial charge is 0.454 e. The maximum atomic E-state index is 12.7. The summed E-state index contributed by atoms with van der Waals surface area (Å²) in [4.78, 5) is 25.0.